The van der Waals surface area contributed by atoms with Gasteiger partial charge in [0.25, 0.3) is 5.91 Å². The zero-order chi connectivity index (χ0) is 12.1. The molecule has 0 spiro atoms. The predicted octanol–water partition coefficient (Wildman–Crippen LogP) is 3.41. The fourth-order valence-electron chi connectivity index (χ4n) is 1.16. The van der Waals surface area contributed by atoms with Crippen LogP contribution in [0.1, 0.15) is 6.92 Å². The first kappa shape index (κ1) is 16.0. The summed E-state index contributed by atoms with van der Waals surface area (Å²) in [6.07, 6.45) is 1.71. The number of allylic oxidation sites excluding steroid dienone is 1. The normalized spacial score (nSPS) is 10.5. The summed E-state index contributed by atoms with van der Waals surface area (Å²) in [5.74, 6) is -0.139. The van der Waals surface area contributed by atoms with E-state index in [0.29, 0.717) is 4.48 Å². The number of hydrogen-bond donors (Lipinski definition) is 1. The maximum Gasteiger partial charge on any atom is 0.262 e. The fraction of sp³-hybridized carbons (Fsp3) is 0.250. The van der Waals surface area contributed by atoms with Gasteiger partial charge in [0.1, 0.15) is 0 Å². The molecule has 0 fully saturated rings. The molecule has 1 N–H and O–H groups in total. The molecule has 0 atom stereocenters. The lowest BCUT2D eigenvalue weighted by Gasteiger charge is -2.12. The Kier molecular flexibility index (Phi) is 6.92. The van der Waals surface area contributed by atoms with E-state index in [1.807, 2.05) is 43.3 Å². The lowest BCUT2D eigenvalue weighted by Crippen LogP contribution is -2.12. The van der Waals surface area contributed by atoms with Gasteiger partial charge >= 0.3 is 0 Å². The summed E-state index contributed by atoms with van der Waals surface area (Å²) in [6.45, 7) is 1.80. The van der Waals surface area contributed by atoms with Crippen LogP contribution in [0.5, 0.6) is 0 Å². The molecule has 1 aromatic carbocycles. The van der Waals surface area contributed by atoms with E-state index in [-0.39, 0.29) is 18.3 Å². The summed E-state index contributed by atoms with van der Waals surface area (Å²) >= 11 is 3.18. The fourth-order valence-corrected chi connectivity index (χ4v) is 1.26. The zero-order valence-electron chi connectivity index (χ0n) is 10.0. The summed E-state index contributed by atoms with van der Waals surface area (Å²) in [7, 11) is 3.95. The molecule has 0 aliphatic carbocycles. The van der Waals surface area contributed by atoms with E-state index in [1.54, 1.807) is 13.0 Å². The SMILES string of the molecule is C/C=C(\Br)C(=O)Nc1ccc(N(C)C)cc1.Cl. The van der Waals surface area contributed by atoms with Crippen molar-refractivity contribution in [3.63, 3.8) is 0 Å². The number of halogens is 2. The Balaban J connectivity index is 0.00000256. The third-order valence-corrected chi connectivity index (χ3v) is 2.93. The lowest BCUT2D eigenvalue weighted by atomic mass is 10.2. The van der Waals surface area contributed by atoms with Crippen molar-refractivity contribution in [2.24, 2.45) is 0 Å². The molecule has 1 rings (SSSR count). The van der Waals surface area contributed by atoms with E-state index in [4.69, 9.17) is 0 Å². The first-order chi connectivity index (χ1) is 7.54. The summed E-state index contributed by atoms with van der Waals surface area (Å²) in [4.78, 5) is 13.5. The largest absolute Gasteiger partial charge is 0.378 e. The maximum absolute atomic E-state index is 11.5. The summed E-state index contributed by atoms with van der Waals surface area (Å²) in [5, 5.41) is 2.79. The van der Waals surface area contributed by atoms with Gasteiger partial charge in [0.2, 0.25) is 0 Å². The van der Waals surface area contributed by atoms with Crippen LogP contribution in [0.3, 0.4) is 0 Å². The van der Waals surface area contributed by atoms with Crippen molar-refractivity contribution >= 4 is 45.6 Å². The van der Waals surface area contributed by atoms with Gasteiger partial charge in [-0.2, -0.15) is 0 Å². The van der Waals surface area contributed by atoms with Crippen LogP contribution in [0, 0.1) is 0 Å². The highest BCUT2D eigenvalue weighted by atomic mass is 79.9. The van der Waals surface area contributed by atoms with Crippen LogP contribution in [0.25, 0.3) is 0 Å². The third kappa shape index (κ3) is 4.79. The molecule has 5 heteroatoms. The molecule has 94 valence electrons. The number of amides is 1. The molecule has 0 aliphatic rings. The van der Waals surface area contributed by atoms with E-state index < -0.39 is 0 Å². The number of rotatable bonds is 3. The Hall–Kier alpha value is -1.00. The highest BCUT2D eigenvalue weighted by Gasteiger charge is 2.05. The third-order valence-electron chi connectivity index (χ3n) is 2.11. The van der Waals surface area contributed by atoms with Gasteiger partial charge in [0.05, 0.1) is 4.48 Å². The quantitative estimate of drug-likeness (QED) is 0.866. The minimum atomic E-state index is -0.139. The summed E-state index contributed by atoms with van der Waals surface area (Å²) in [6, 6.07) is 7.67. The Morgan fingerprint density at radius 3 is 2.24 bits per heavy atom. The Bertz CT molecular complexity index is 401. The van der Waals surface area contributed by atoms with Gasteiger partial charge in [0.15, 0.2) is 0 Å². The van der Waals surface area contributed by atoms with Crippen LogP contribution in [-0.2, 0) is 4.79 Å². The molecule has 0 unspecified atom stereocenters. The molecular formula is C12H16BrClN2O. The average molecular weight is 320 g/mol. The maximum atomic E-state index is 11.5. The van der Waals surface area contributed by atoms with Crippen molar-refractivity contribution in [2.45, 2.75) is 6.92 Å². The van der Waals surface area contributed by atoms with E-state index in [1.165, 1.54) is 0 Å². The molecule has 0 aliphatic heterocycles. The second-order valence-corrected chi connectivity index (χ2v) is 4.39. The van der Waals surface area contributed by atoms with E-state index in [9.17, 15) is 4.79 Å². The van der Waals surface area contributed by atoms with E-state index in [0.717, 1.165) is 11.4 Å². The summed E-state index contributed by atoms with van der Waals surface area (Å²) in [5.41, 5.74) is 1.89. The van der Waals surface area contributed by atoms with Crippen molar-refractivity contribution in [3.05, 3.63) is 34.8 Å². The topological polar surface area (TPSA) is 32.3 Å². The number of carbonyl (C=O) groups excluding carboxylic acids is 1. The zero-order valence-corrected chi connectivity index (χ0v) is 12.4. The van der Waals surface area contributed by atoms with E-state index >= 15 is 0 Å². The molecule has 0 bridgehead atoms. The first-order valence-corrected chi connectivity index (χ1v) is 5.74. The van der Waals surface area contributed by atoms with Crippen LogP contribution < -0.4 is 10.2 Å². The molecule has 0 radical (unpaired) electrons. The second-order valence-electron chi connectivity index (χ2n) is 3.53. The van der Waals surface area contributed by atoms with Gasteiger partial charge in [-0.1, -0.05) is 6.08 Å². The van der Waals surface area contributed by atoms with Crippen LogP contribution in [-0.4, -0.2) is 20.0 Å². The monoisotopic (exact) mass is 318 g/mol. The van der Waals surface area contributed by atoms with Gasteiger partial charge in [-0.15, -0.1) is 12.4 Å². The number of benzene rings is 1. The molecule has 0 heterocycles. The van der Waals surface area contributed by atoms with Crippen LogP contribution >= 0.6 is 28.3 Å². The molecule has 0 aromatic heterocycles. The van der Waals surface area contributed by atoms with Crippen molar-refractivity contribution in [2.75, 3.05) is 24.3 Å². The predicted molar refractivity (Wildman–Crippen MR) is 79.3 cm³/mol. The molecule has 1 amide bonds. The highest BCUT2D eigenvalue weighted by Crippen LogP contribution is 2.17. The van der Waals surface area contributed by atoms with Crippen molar-refractivity contribution < 1.29 is 4.79 Å². The first-order valence-electron chi connectivity index (χ1n) is 4.95. The lowest BCUT2D eigenvalue weighted by molar-refractivity contribution is -0.112. The van der Waals surface area contributed by atoms with Gasteiger partial charge in [-0.3, -0.25) is 4.79 Å². The van der Waals surface area contributed by atoms with Crippen molar-refractivity contribution in [3.8, 4) is 0 Å². The number of nitrogens with zero attached hydrogens (tertiary/aromatic N) is 1. The number of carbonyl (C=O) groups is 1. The standard InChI is InChI=1S/C12H15BrN2O.ClH/c1-4-11(13)12(16)14-9-5-7-10(8-6-9)15(2)3;/h4-8H,1-3H3,(H,14,16);1H/b11-4-;. The Morgan fingerprint density at radius 1 is 1.29 bits per heavy atom. The number of hydrogen-bond acceptors (Lipinski definition) is 2. The van der Waals surface area contributed by atoms with Crippen LogP contribution in [0.15, 0.2) is 34.8 Å². The van der Waals surface area contributed by atoms with Gasteiger partial charge in [0, 0.05) is 25.5 Å². The molecule has 0 saturated heterocycles. The molecule has 0 saturated carbocycles. The van der Waals surface area contributed by atoms with Crippen LogP contribution in [0.2, 0.25) is 0 Å². The number of nitrogens with one attached hydrogen (secondary N) is 1. The van der Waals surface area contributed by atoms with Gasteiger partial charge in [-0.05, 0) is 47.1 Å². The van der Waals surface area contributed by atoms with Crippen molar-refractivity contribution in [1.82, 2.24) is 0 Å². The Labute approximate surface area is 116 Å². The molecule has 3 nitrogen and oxygen atoms in total. The molecular weight excluding hydrogens is 304 g/mol. The van der Waals surface area contributed by atoms with Crippen LogP contribution in [0.4, 0.5) is 11.4 Å². The second kappa shape index (κ2) is 7.35. The van der Waals surface area contributed by atoms with E-state index in [2.05, 4.69) is 21.2 Å². The minimum absolute atomic E-state index is 0. The molecule has 1 aromatic rings. The highest BCUT2D eigenvalue weighted by molar-refractivity contribution is 9.12. The van der Waals surface area contributed by atoms with Crippen molar-refractivity contribution in [1.29, 1.82) is 0 Å². The van der Waals surface area contributed by atoms with Gasteiger partial charge in [-0.25, -0.2) is 0 Å². The Morgan fingerprint density at radius 2 is 1.82 bits per heavy atom. The minimum Gasteiger partial charge on any atom is -0.378 e. The smallest absolute Gasteiger partial charge is 0.262 e. The average Bonchev–Trinajstić information content (AvgIpc) is 2.28. The molecule has 17 heavy (non-hydrogen) atoms. The number of anilines is 2. The van der Waals surface area contributed by atoms with Gasteiger partial charge < -0.3 is 10.2 Å². The summed E-state index contributed by atoms with van der Waals surface area (Å²) < 4.78 is 0.532.